The van der Waals surface area contributed by atoms with Gasteiger partial charge in [-0.2, -0.15) is 0 Å². The molecule has 0 radical (unpaired) electrons. The van der Waals surface area contributed by atoms with E-state index in [1.165, 1.54) is 38.5 Å². The van der Waals surface area contributed by atoms with Gasteiger partial charge in [0, 0.05) is 10.8 Å². The van der Waals surface area contributed by atoms with Crippen LogP contribution in [0.3, 0.4) is 0 Å². The van der Waals surface area contributed by atoms with E-state index in [-0.39, 0.29) is 33.0 Å². The Bertz CT molecular complexity index is 831. The van der Waals surface area contributed by atoms with Gasteiger partial charge in [0.15, 0.2) is 0 Å². The van der Waals surface area contributed by atoms with Crippen molar-refractivity contribution in [1.82, 2.24) is 10.1 Å². The number of hydroxylamine groups is 4. The van der Waals surface area contributed by atoms with Crippen LogP contribution >= 0.6 is 0 Å². The average molecular weight is 326 g/mol. The maximum absolute atomic E-state index is 12.4. The second kappa shape index (κ2) is 4.70. The van der Waals surface area contributed by atoms with Crippen LogP contribution in [-0.4, -0.2) is 48.0 Å². The van der Waals surface area contributed by atoms with Crippen LogP contribution in [0, 0.1) is 0 Å². The van der Waals surface area contributed by atoms with E-state index in [1.54, 1.807) is 0 Å². The van der Waals surface area contributed by atoms with E-state index >= 15 is 0 Å². The predicted molar refractivity (Wildman–Crippen MR) is 79.0 cm³/mol. The van der Waals surface area contributed by atoms with Gasteiger partial charge in [0.25, 0.3) is 23.6 Å². The molecule has 2 aromatic rings. The monoisotopic (exact) mass is 326 g/mol. The maximum atomic E-state index is 12.4. The molecule has 2 heterocycles. The molecule has 120 valence electrons. The van der Waals surface area contributed by atoms with Gasteiger partial charge in [-0.05, 0) is 24.3 Å². The van der Waals surface area contributed by atoms with E-state index in [1.807, 2.05) is 0 Å². The highest BCUT2D eigenvalue weighted by Crippen LogP contribution is 2.37. The number of hydrogen-bond acceptors (Lipinski definition) is 6. The molecule has 24 heavy (non-hydrogen) atoms. The Balaban J connectivity index is 2.14. The topological polar surface area (TPSA) is 93.2 Å². The van der Waals surface area contributed by atoms with Crippen molar-refractivity contribution in [3.05, 3.63) is 46.5 Å². The molecule has 0 bridgehead atoms. The molecule has 2 aliphatic rings. The van der Waals surface area contributed by atoms with Crippen molar-refractivity contribution in [1.29, 1.82) is 0 Å². The fraction of sp³-hybridized carbons (Fsp3) is 0.125. The van der Waals surface area contributed by atoms with Crippen molar-refractivity contribution in [2.45, 2.75) is 0 Å². The number of imide groups is 2. The zero-order chi connectivity index (χ0) is 17.2. The standard InChI is InChI=1S/C16H10N2O6/c1-23-17-13(19)7-3-5-9-12-10(16(22)18(24-2)15(9)21)6-4-8(11(7)12)14(17)20/h3-6H,1-2H3. The zero-order valence-electron chi connectivity index (χ0n) is 12.7. The van der Waals surface area contributed by atoms with E-state index in [9.17, 15) is 19.2 Å². The molecular formula is C16H10N2O6. The lowest BCUT2D eigenvalue weighted by atomic mass is 9.87. The fourth-order valence-corrected chi connectivity index (χ4v) is 3.16. The molecule has 0 saturated carbocycles. The highest BCUT2D eigenvalue weighted by atomic mass is 16.7. The van der Waals surface area contributed by atoms with Gasteiger partial charge in [-0.3, -0.25) is 28.9 Å². The largest absolute Gasteiger partial charge is 0.285 e. The summed E-state index contributed by atoms with van der Waals surface area (Å²) in [6.45, 7) is 0. The number of carbonyl (C=O) groups is 4. The van der Waals surface area contributed by atoms with Crippen LogP contribution < -0.4 is 0 Å². The number of benzene rings is 2. The predicted octanol–water partition coefficient (Wildman–Crippen LogP) is 1.15. The molecule has 2 aliphatic heterocycles. The molecule has 0 unspecified atom stereocenters. The summed E-state index contributed by atoms with van der Waals surface area (Å²) in [6, 6.07) is 5.75. The molecule has 0 spiro atoms. The van der Waals surface area contributed by atoms with E-state index in [4.69, 9.17) is 9.68 Å². The van der Waals surface area contributed by atoms with Gasteiger partial charge in [-0.25, -0.2) is 0 Å². The molecule has 4 amide bonds. The Kier molecular flexibility index (Phi) is 2.84. The second-order valence-corrected chi connectivity index (χ2v) is 5.25. The molecule has 0 saturated heterocycles. The quantitative estimate of drug-likeness (QED) is 0.769. The summed E-state index contributed by atoms with van der Waals surface area (Å²) in [6.07, 6.45) is 0. The number of amides is 4. The number of rotatable bonds is 2. The third-order valence-electron chi connectivity index (χ3n) is 4.19. The lowest BCUT2D eigenvalue weighted by Crippen LogP contribution is -2.42. The van der Waals surface area contributed by atoms with Crippen molar-refractivity contribution < 1.29 is 28.9 Å². The minimum Gasteiger partial charge on any atom is -0.266 e. The lowest BCUT2D eigenvalue weighted by Gasteiger charge is -2.29. The van der Waals surface area contributed by atoms with Crippen molar-refractivity contribution in [2.24, 2.45) is 0 Å². The first-order valence-corrected chi connectivity index (χ1v) is 6.96. The third-order valence-corrected chi connectivity index (χ3v) is 4.19. The SMILES string of the molecule is CON1C(=O)c2ccc3c4c(ccc(c24)C1=O)C(=O)N(OC)C3=O. The van der Waals surface area contributed by atoms with Crippen LogP contribution in [0.5, 0.6) is 0 Å². The Morgan fingerprint density at radius 3 is 1.04 bits per heavy atom. The summed E-state index contributed by atoms with van der Waals surface area (Å²) in [7, 11) is 2.43. The zero-order valence-corrected chi connectivity index (χ0v) is 12.7. The van der Waals surface area contributed by atoms with Crippen LogP contribution in [0.15, 0.2) is 24.3 Å². The summed E-state index contributed by atoms with van der Waals surface area (Å²) in [5.74, 6) is -2.58. The van der Waals surface area contributed by atoms with E-state index in [2.05, 4.69) is 0 Å². The third kappa shape index (κ3) is 1.53. The van der Waals surface area contributed by atoms with Gasteiger partial charge >= 0.3 is 0 Å². The summed E-state index contributed by atoms with van der Waals surface area (Å²) < 4.78 is 0. The van der Waals surface area contributed by atoms with Crippen LogP contribution in [0.2, 0.25) is 0 Å². The Hall–Kier alpha value is -3.10. The van der Waals surface area contributed by atoms with Gasteiger partial charge in [-0.1, -0.05) is 0 Å². The molecule has 0 fully saturated rings. The Morgan fingerprint density at radius 2 is 0.833 bits per heavy atom. The van der Waals surface area contributed by atoms with Gasteiger partial charge < -0.3 is 0 Å². The maximum Gasteiger partial charge on any atom is 0.285 e. The molecular weight excluding hydrogens is 316 g/mol. The summed E-state index contributed by atoms with van der Waals surface area (Å²) in [5.41, 5.74) is 0.772. The van der Waals surface area contributed by atoms with Crippen LogP contribution in [0.1, 0.15) is 41.4 Å². The van der Waals surface area contributed by atoms with Crippen LogP contribution in [0.25, 0.3) is 10.8 Å². The van der Waals surface area contributed by atoms with Gasteiger partial charge in [-0.15, -0.1) is 10.1 Å². The molecule has 2 aromatic carbocycles. The average Bonchev–Trinajstić information content (AvgIpc) is 2.58. The van der Waals surface area contributed by atoms with Crippen LogP contribution in [-0.2, 0) is 9.68 Å². The summed E-state index contributed by atoms with van der Waals surface area (Å²) >= 11 is 0. The molecule has 8 heteroatoms. The molecule has 8 nitrogen and oxygen atoms in total. The minimum atomic E-state index is -0.646. The molecule has 0 atom stereocenters. The van der Waals surface area contributed by atoms with Crippen LogP contribution in [0.4, 0.5) is 0 Å². The summed E-state index contributed by atoms with van der Waals surface area (Å²) in [4.78, 5) is 59.4. The Labute approximate surface area is 135 Å². The first-order valence-electron chi connectivity index (χ1n) is 6.96. The van der Waals surface area contributed by atoms with E-state index in [0.717, 1.165) is 0 Å². The smallest absolute Gasteiger partial charge is 0.266 e. The van der Waals surface area contributed by atoms with E-state index < -0.39 is 23.6 Å². The van der Waals surface area contributed by atoms with Gasteiger partial charge in [0.2, 0.25) is 0 Å². The summed E-state index contributed by atoms with van der Waals surface area (Å²) in [5, 5.41) is 1.86. The number of hydrogen-bond donors (Lipinski definition) is 0. The van der Waals surface area contributed by atoms with Gasteiger partial charge in [0.1, 0.15) is 0 Å². The Morgan fingerprint density at radius 1 is 0.583 bits per heavy atom. The normalized spacial score (nSPS) is 16.4. The first kappa shape index (κ1) is 14.5. The molecule has 0 aromatic heterocycles. The minimum absolute atomic E-state index is 0.193. The first-order chi connectivity index (χ1) is 11.5. The van der Waals surface area contributed by atoms with Gasteiger partial charge in [0.05, 0.1) is 36.5 Å². The lowest BCUT2D eigenvalue weighted by molar-refractivity contribution is -0.0699. The van der Waals surface area contributed by atoms with Crippen molar-refractivity contribution in [3.63, 3.8) is 0 Å². The van der Waals surface area contributed by atoms with Crippen molar-refractivity contribution >= 4 is 34.4 Å². The highest BCUT2D eigenvalue weighted by molar-refractivity contribution is 6.32. The molecule has 4 rings (SSSR count). The second-order valence-electron chi connectivity index (χ2n) is 5.25. The van der Waals surface area contributed by atoms with Crippen molar-refractivity contribution in [3.8, 4) is 0 Å². The fourth-order valence-electron chi connectivity index (χ4n) is 3.16. The number of nitrogens with zero attached hydrogens (tertiary/aromatic N) is 2. The van der Waals surface area contributed by atoms with Crippen molar-refractivity contribution in [2.75, 3.05) is 14.2 Å². The molecule has 0 N–H and O–H groups in total. The molecule has 0 aliphatic carbocycles. The number of carbonyl (C=O) groups excluding carboxylic acids is 4. The highest BCUT2D eigenvalue weighted by Gasteiger charge is 2.40. The van der Waals surface area contributed by atoms with E-state index in [0.29, 0.717) is 10.1 Å².